The van der Waals surface area contributed by atoms with E-state index in [-0.39, 0.29) is 0 Å². The molecule has 8 heteroatoms. The number of carbonyl (C=O) groups is 2. The third kappa shape index (κ3) is 3.47. The van der Waals surface area contributed by atoms with Crippen molar-refractivity contribution in [3.05, 3.63) is 35.9 Å². The molecular weight excluding hydrogens is 402 g/mol. The first kappa shape index (κ1) is 16.1. The van der Waals surface area contributed by atoms with Crippen molar-refractivity contribution in [1.82, 2.24) is 5.32 Å². The molecule has 1 aliphatic heterocycles. The highest BCUT2D eigenvalue weighted by molar-refractivity contribution is 14.1. The zero-order valence-corrected chi connectivity index (χ0v) is 12.7. The summed E-state index contributed by atoms with van der Waals surface area (Å²) in [5.41, 5.74) is 0.650. The van der Waals surface area contributed by atoms with Gasteiger partial charge in [0, 0.05) is 4.43 Å². The summed E-state index contributed by atoms with van der Waals surface area (Å²) in [6, 6.07) is 7.23. The molecule has 4 nitrogen and oxygen atoms in total. The van der Waals surface area contributed by atoms with Gasteiger partial charge in [0.15, 0.2) is 0 Å². The third-order valence-corrected chi connectivity index (χ3v) is 4.03. The Kier molecular flexibility index (Phi) is 4.74. The molecule has 1 saturated heterocycles. The Balaban J connectivity index is 2.28. The Hall–Kier alpha value is -1.32. The molecule has 0 aromatic heterocycles. The smallest absolute Gasteiger partial charge is 0.459 e. The van der Waals surface area contributed by atoms with E-state index in [1.807, 2.05) is 22.6 Å². The zero-order chi connectivity index (χ0) is 15.6. The van der Waals surface area contributed by atoms with E-state index < -0.39 is 36.1 Å². The topological polar surface area (TPSA) is 55.4 Å². The molecule has 1 amide bonds. The van der Waals surface area contributed by atoms with Crippen molar-refractivity contribution < 1.29 is 27.5 Å². The van der Waals surface area contributed by atoms with E-state index in [1.54, 1.807) is 35.6 Å². The number of amides is 1. The minimum absolute atomic E-state index is 0.418. The molecule has 1 heterocycles. The number of cyclic esters (lactones) is 1. The molecule has 1 aromatic rings. The fourth-order valence-corrected chi connectivity index (χ4v) is 2.97. The standard InChI is InChI=1S/C13H11F3INO3/c14-13(15,16)12(20)18-10-9(7-4-2-1-3-5-7)8(6-17)21-11(10)19/h1-5,8-10H,6H2,(H,18,20)/t8-,9+,10-/m0/s1. The van der Waals surface area contributed by atoms with Crippen LogP contribution in [0.15, 0.2) is 30.3 Å². The molecule has 1 aromatic carbocycles. The summed E-state index contributed by atoms with van der Waals surface area (Å²) in [4.78, 5) is 22.9. The van der Waals surface area contributed by atoms with Gasteiger partial charge in [-0.25, -0.2) is 4.79 Å². The first-order valence-corrected chi connectivity index (χ1v) is 7.56. The number of carbonyl (C=O) groups excluding carboxylic acids is 2. The van der Waals surface area contributed by atoms with Gasteiger partial charge in [0.2, 0.25) is 0 Å². The molecule has 1 fully saturated rings. The summed E-state index contributed by atoms with van der Waals surface area (Å²) in [5.74, 6) is -3.62. The van der Waals surface area contributed by atoms with Gasteiger partial charge in [-0.3, -0.25) is 4.79 Å². The maximum absolute atomic E-state index is 12.4. The fourth-order valence-electron chi connectivity index (χ4n) is 2.24. The molecule has 1 aliphatic rings. The van der Waals surface area contributed by atoms with Crippen molar-refractivity contribution in [2.24, 2.45) is 0 Å². The summed E-state index contributed by atoms with van der Waals surface area (Å²) in [7, 11) is 0. The van der Waals surface area contributed by atoms with Gasteiger partial charge in [-0.05, 0) is 5.56 Å². The zero-order valence-electron chi connectivity index (χ0n) is 10.6. The van der Waals surface area contributed by atoms with Crippen LogP contribution in [0.5, 0.6) is 0 Å². The number of ether oxygens (including phenoxy) is 1. The Labute approximate surface area is 132 Å². The summed E-state index contributed by atoms with van der Waals surface area (Å²) in [5, 5.41) is 1.74. The number of nitrogens with one attached hydrogen (secondary N) is 1. The molecular formula is C13H11F3INO3. The summed E-state index contributed by atoms with van der Waals surface area (Å²) in [6.45, 7) is 0. The highest BCUT2D eigenvalue weighted by Crippen LogP contribution is 2.34. The van der Waals surface area contributed by atoms with Crippen molar-refractivity contribution in [3.63, 3.8) is 0 Å². The SMILES string of the molecule is O=C1O[C@@H](CI)[C@@H](c2ccccc2)[C@@H]1NC(=O)C(F)(F)F. The summed E-state index contributed by atoms with van der Waals surface area (Å²) < 4.78 is 42.6. The van der Waals surface area contributed by atoms with Gasteiger partial charge in [0.1, 0.15) is 12.1 Å². The molecule has 0 spiro atoms. The van der Waals surface area contributed by atoms with Gasteiger partial charge in [-0.15, -0.1) is 0 Å². The van der Waals surface area contributed by atoms with E-state index >= 15 is 0 Å². The molecule has 0 aliphatic carbocycles. The monoisotopic (exact) mass is 413 g/mol. The van der Waals surface area contributed by atoms with Crippen LogP contribution in [0, 0.1) is 0 Å². The molecule has 3 atom stereocenters. The van der Waals surface area contributed by atoms with E-state index in [0.29, 0.717) is 9.99 Å². The molecule has 114 valence electrons. The van der Waals surface area contributed by atoms with Crippen LogP contribution in [-0.2, 0) is 14.3 Å². The molecule has 0 saturated carbocycles. The van der Waals surface area contributed by atoms with Gasteiger partial charge in [-0.2, -0.15) is 13.2 Å². The predicted octanol–water partition coefficient (Wildman–Crippen LogP) is 2.18. The lowest BCUT2D eigenvalue weighted by Crippen LogP contribution is -2.47. The lowest BCUT2D eigenvalue weighted by Gasteiger charge is -2.21. The predicted molar refractivity (Wildman–Crippen MR) is 75.9 cm³/mol. The van der Waals surface area contributed by atoms with Crippen molar-refractivity contribution in [2.45, 2.75) is 24.2 Å². The number of hydrogen-bond acceptors (Lipinski definition) is 3. The van der Waals surface area contributed by atoms with E-state index in [1.165, 1.54) is 0 Å². The van der Waals surface area contributed by atoms with Crippen LogP contribution in [0.2, 0.25) is 0 Å². The number of halogens is 4. The highest BCUT2D eigenvalue weighted by Gasteiger charge is 2.49. The Morgan fingerprint density at radius 2 is 1.90 bits per heavy atom. The van der Waals surface area contributed by atoms with Crippen molar-refractivity contribution in [1.29, 1.82) is 0 Å². The van der Waals surface area contributed by atoms with Crippen molar-refractivity contribution in [3.8, 4) is 0 Å². The number of rotatable bonds is 3. The van der Waals surface area contributed by atoms with Crippen molar-refractivity contribution >= 4 is 34.5 Å². The maximum atomic E-state index is 12.4. The van der Waals surface area contributed by atoms with Gasteiger partial charge in [0.05, 0.1) is 5.92 Å². The van der Waals surface area contributed by atoms with E-state index in [0.717, 1.165) is 0 Å². The average Bonchev–Trinajstić information content (AvgIpc) is 2.75. The Bertz CT molecular complexity index is 535. The molecule has 0 radical (unpaired) electrons. The van der Waals surface area contributed by atoms with Crippen LogP contribution in [0.3, 0.4) is 0 Å². The highest BCUT2D eigenvalue weighted by atomic mass is 127. The number of alkyl halides is 4. The van der Waals surface area contributed by atoms with Crippen LogP contribution in [0.25, 0.3) is 0 Å². The molecule has 2 rings (SSSR count). The van der Waals surface area contributed by atoms with Gasteiger partial charge in [0.25, 0.3) is 0 Å². The van der Waals surface area contributed by atoms with Gasteiger partial charge in [-0.1, -0.05) is 52.9 Å². The van der Waals surface area contributed by atoms with Gasteiger partial charge >= 0.3 is 18.1 Å². The quantitative estimate of drug-likeness (QED) is 0.470. The Morgan fingerprint density at radius 3 is 2.43 bits per heavy atom. The number of esters is 1. The van der Waals surface area contributed by atoms with Crippen LogP contribution >= 0.6 is 22.6 Å². The second kappa shape index (κ2) is 6.20. The Morgan fingerprint density at radius 1 is 1.29 bits per heavy atom. The van der Waals surface area contributed by atoms with Gasteiger partial charge < -0.3 is 10.1 Å². The van der Waals surface area contributed by atoms with E-state index in [2.05, 4.69) is 0 Å². The number of hydrogen-bond donors (Lipinski definition) is 1. The number of benzene rings is 1. The summed E-state index contributed by atoms with van der Waals surface area (Å²) >= 11 is 1.99. The lowest BCUT2D eigenvalue weighted by molar-refractivity contribution is -0.175. The maximum Gasteiger partial charge on any atom is 0.471 e. The molecule has 1 N–H and O–H groups in total. The second-order valence-corrected chi connectivity index (χ2v) is 5.40. The minimum Gasteiger partial charge on any atom is -0.459 e. The molecule has 0 bridgehead atoms. The minimum atomic E-state index is -5.04. The summed E-state index contributed by atoms with van der Waals surface area (Å²) in [6.07, 6.45) is -5.61. The van der Waals surface area contributed by atoms with Crippen molar-refractivity contribution in [2.75, 3.05) is 4.43 Å². The fraction of sp³-hybridized carbons (Fsp3) is 0.385. The van der Waals surface area contributed by atoms with Crippen LogP contribution < -0.4 is 5.32 Å². The third-order valence-electron chi connectivity index (χ3n) is 3.16. The van der Waals surface area contributed by atoms with E-state index in [9.17, 15) is 22.8 Å². The average molecular weight is 413 g/mol. The second-order valence-electron chi connectivity index (χ2n) is 4.52. The molecule has 21 heavy (non-hydrogen) atoms. The normalized spacial score (nSPS) is 25.5. The first-order valence-electron chi connectivity index (χ1n) is 6.03. The van der Waals surface area contributed by atoms with Crippen LogP contribution in [-0.4, -0.2) is 34.6 Å². The first-order chi connectivity index (χ1) is 9.84. The molecule has 0 unspecified atom stereocenters. The van der Waals surface area contributed by atoms with Crippen LogP contribution in [0.4, 0.5) is 13.2 Å². The largest absolute Gasteiger partial charge is 0.471 e. The van der Waals surface area contributed by atoms with Crippen LogP contribution in [0.1, 0.15) is 11.5 Å². The van der Waals surface area contributed by atoms with E-state index in [4.69, 9.17) is 4.74 Å². The lowest BCUT2D eigenvalue weighted by atomic mass is 9.89.